The maximum atomic E-state index is 5.42. The summed E-state index contributed by atoms with van der Waals surface area (Å²) in [5.41, 5.74) is 5.41. The number of aromatic amines is 1. The standard InChI is InChI=1S/C9H8N6O2S/c10-8-11-9(15-14-8)18-4-6-12-13-7(17-6)5-2-1-3-16-5/h1-3H,4H2,(H3,10,11,14,15). The summed E-state index contributed by atoms with van der Waals surface area (Å²) in [6.07, 6.45) is 1.55. The van der Waals surface area contributed by atoms with Crippen molar-refractivity contribution in [2.24, 2.45) is 0 Å². The third-order valence-corrected chi connectivity index (χ3v) is 2.84. The van der Waals surface area contributed by atoms with Gasteiger partial charge in [0.25, 0.3) is 5.89 Å². The molecule has 3 aromatic heterocycles. The molecule has 9 heteroatoms. The van der Waals surface area contributed by atoms with E-state index in [2.05, 4.69) is 25.4 Å². The van der Waals surface area contributed by atoms with Crippen molar-refractivity contribution in [3.8, 4) is 11.7 Å². The van der Waals surface area contributed by atoms with Gasteiger partial charge in [-0.25, -0.2) is 5.10 Å². The first-order valence-corrected chi connectivity index (χ1v) is 5.97. The van der Waals surface area contributed by atoms with E-state index in [1.807, 2.05) is 0 Å². The fourth-order valence-corrected chi connectivity index (χ4v) is 1.90. The number of hydrogen-bond donors (Lipinski definition) is 2. The number of hydrogen-bond acceptors (Lipinski definition) is 8. The Morgan fingerprint density at radius 2 is 2.33 bits per heavy atom. The molecule has 18 heavy (non-hydrogen) atoms. The summed E-state index contributed by atoms with van der Waals surface area (Å²) >= 11 is 1.34. The second kappa shape index (κ2) is 4.53. The number of anilines is 1. The van der Waals surface area contributed by atoms with Crippen LogP contribution in [0.1, 0.15) is 5.89 Å². The molecule has 0 unspecified atom stereocenters. The van der Waals surface area contributed by atoms with Crippen molar-refractivity contribution in [3.05, 3.63) is 24.3 Å². The van der Waals surface area contributed by atoms with E-state index in [0.29, 0.717) is 28.5 Å². The van der Waals surface area contributed by atoms with Crippen LogP contribution >= 0.6 is 11.8 Å². The van der Waals surface area contributed by atoms with Crippen molar-refractivity contribution in [1.82, 2.24) is 25.4 Å². The second-order valence-electron chi connectivity index (χ2n) is 3.27. The first kappa shape index (κ1) is 10.8. The molecule has 0 aliphatic carbocycles. The molecule has 0 saturated carbocycles. The highest BCUT2D eigenvalue weighted by atomic mass is 32.2. The molecule has 0 atom stereocenters. The van der Waals surface area contributed by atoms with Gasteiger partial charge in [0.1, 0.15) is 0 Å². The van der Waals surface area contributed by atoms with Crippen molar-refractivity contribution in [2.45, 2.75) is 10.9 Å². The smallest absolute Gasteiger partial charge is 0.283 e. The molecule has 0 aromatic carbocycles. The maximum Gasteiger partial charge on any atom is 0.283 e. The Morgan fingerprint density at radius 1 is 1.39 bits per heavy atom. The normalized spacial score (nSPS) is 10.9. The highest BCUT2D eigenvalue weighted by molar-refractivity contribution is 7.98. The lowest BCUT2D eigenvalue weighted by atomic mass is 10.5. The predicted octanol–water partition coefficient (Wildman–Crippen LogP) is 1.32. The van der Waals surface area contributed by atoms with Crippen LogP contribution in [0.5, 0.6) is 0 Å². The monoisotopic (exact) mass is 264 g/mol. The summed E-state index contributed by atoms with van der Waals surface area (Å²) in [6.45, 7) is 0. The summed E-state index contributed by atoms with van der Waals surface area (Å²) in [7, 11) is 0. The Morgan fingerprint density at radius 3 is 3.06 bits per heavy atom. The molecule has 8 nitrogen and oxygen atoms in total. The molecule has 0 bridgehead atoms. The van der Waals surface area contributed by atoms with Crippen molar-refractivity contribution in [1.29, 1.82) is 0 Å². The molecular formula is C9H8N6O2S. The van der Waals surface area contributed by atoms with Gasteiger partial charge < -0.3 is 14.6 Å². The minimum Gasteiger partial charge on any atom is -0.459 e. The van der Waals surface area contributed by atoms with Gasteiger partial charge in [0.05, 0.1) is 12.0 Å². The van der Waals surface area contributed by atoms with Crippen LogP contribution in [0.4, 0.5) is 5.95 Å². The van der Waals surface area contributed by atoms with Gasteiger partial charge in [-0.2, -0.15) is 4.98 Å². The number of thioether (sulfide) groups is 1. The van der Waals surface area contributed by atoms with Crippen LogP contribution in [0.2, 0.25) is 0 Å². The van der Waals surface area contributed by atoms with Crippen LogP contribution in [0.25, 0.3) is 11.7 Å². The van der Waals surface area contributed by atoms with Crippen molar-refractivity contribution < 1.29 is 8.83 Å². The fraction of sp³-hybridized carbons (Fsp3) is 0.111. The highest BCUT2D eigenvalue weighted by Gasteiger charge is 2.11. The zero-order valence-corrected chi connectivity index (χ0v) is 9.85. The number of furan rings is 1. The number of nitrogen functional groups attached to an aromatic ring is 1. The van der Waals surface area contributed by atoms with E-state index in [-0.39, 0.29) is 5.95 Å². The largest absolute Gasteiger partial charge is 0.459 e. The molecule has 0 aliphatic rings. The minimum absolute atomic E-state index is 0.277. The number of nitrogens with two attached hydrogens (primary N) is 1. The third-order valence-electron chi connectivity index (χ3n) is 2.01. The molecule has 92 valence electrons. The molecule has 3 heterocycles. The van der Waals surface area contributed by atoms with Crippen LogP contribution in [-0.4, -0.2) is 25.4 Å². The van der Waals surface area contributed by atoms with E-state index in [1.54, 1.807) is 18.4 Å². The van der Waals surface area contributed by atoms with Gasteiger partial charge in [-0.15, -0.1) is 15.3 Å². The molecule has 0 saturated heterocycles. The van der Waals surface area contributed by atoms with E-state index in [9.17, 15) is 0 Å². The number of rotatable bonds is 4. The SMILES string of the molecule is Nc1nc(SCc2nnc(-c3ccco3)o2)n[nH]1. The lowest BCUT2D eigenvalue weighted by Gasteiger charge is -1.90. The maximum absolute atomic E-state index is 5.42. The fourth-order valence-electron chi connectivity index (χ4n) is 1.26. The van der Waals surface area contributed by atoms with Gasteiger partial charge in [0, 0.05) is 0 Å². The van der Waals surface area contributed by atoms with Crippen LogP contribution in [-0.2, 0) is 5.75 Å². The summed E-state index contributed by atoms with van der Waals surface area (Å²) < 4.78 is 10.6. The Labute approximate surface area is 105 Å². The van der Waals surface area contributed by atoms with Gasteiger partial charge >= 0.3 is 0 Å². The van der Waals surface area contributed by atoms with E-state index < -0.39 is 0 Å². The Kier molecular flexibility index (Phi) is 2.73. The first-order chi connectivity index (χ1) is 8.81. The molecule has 0 fully saturated rings. The number of aromatic nitrogens is 5. The van der Waals surface area contributed by atoms with Crippen LogP contribution in [0.15, 0.2) is 32.4 Å². The van der Waals surface area contributed by atoms with E-state index in [4.69, 9.17) is 14.6 Å². The van der Waals surface area contributed by atoms with Crippen LogP contribution in [0.3, 0.4) is 0 Å². The van der Waals surface area contributed by atoms with E-state index in [0.717, 1.165) is 0 Å². The van der Waals surface area contributed by atoms with Gasteiger partial charge in [0.15, 0.2) is 5.76 Å². The topological polar surface area (TPSA) is 120 Å². The zero-order chi connectivity index (χ0) is 12.4. The predicted molar refractivity (Wildman–Crippen MR) is 62.4 cm³/mol. The average Bonchev–Trinajstić information content (AvgIpc) is 3.07. The molecule has 3 aromatic rings. The van der Waals surface area contributed by atoms with Crippen LogP contribution in [0, 0.1) is 0 Å². The molecular weight excluding hydrogens is 256 g/mol. The van der Waals surface area contributed by atoms with Crippen molar-refractivity contribution >= 4 is 17.7 Å². The summed E-state index contributed by atoms with van der Waals surface area (Å²) in [4.78, 5) is 3.95. The minimum atomic E-state index is 0.277. The van der Waals surface area contributed by atoms with Gasteiger partial charge in [-0.3, -0.25) is 0 Å². The summed E-state index contributed by atoms with van der Waals surface area (Å²) in [5, 5.41) is 14.7. The molecule has 0 spiro atoms. The first-order valence-electron chi connectivity index (χ1n) is 4.98. The number of nitrogens with zero attached hydrogens (tertiary/aromatic N) is 4. The molecule has 0 amide bonds. The highest BCUT2D eigenvalue weighted by Crippen LogP contribution is 2.22. The van der Waals surface area contributed by atoms with Crippen molar-refractivity contribution in [2.75, 3.05) is 5.73 Å². The van der Waals surface area contributed by atoms with E-state index >= 15 is 0 Å². The molecule has 3 N–H and O–H groups in total. The summed E-state index contributed by atoms with van der Waals surface area (Å²) in [6, 6.07) is 3.50. The van der Waals surface area contributed by atoms with Gasteiger partial charge in [0.2, 0.25) is 17.0 Å². The lowest BCUT2D eigenvalue weighted by Crippen LogP contribution is -1.85. The Balaban J connectivity index is 1.67. The van der Waals surface area contributed by atoms with E-state index in [1.165, 1.54) is 11.8 Å². The lowest BCUT2D eigenvalue weighted by molar-refractivity contribution is 0.494. The zero-order valence-electron chi connectivity index (χ0n) is 9.03. The van der Waals surface area contributed by atoms with Crippen molar-refractivity contribution in [3.63, 3.8) is 0 Å². The molecule has 0 aliphatic heterocycles. The third kappa shape index (κ3) is 2.20. The second-order valence-corrected chi connectivity index (χ2v) is 4.21. The summed E-state index contributed by atoms with van der Waals surface area (Å²) in [5.74, 6) is 2.10. The number of H-pyrrole nitrogens is 1. The quantitative estimate of drug-likeness (QED) is 0.677. The van der Waals surface area contributed by atoms with Crippen LogP contribution < -0.4 is 5.73 Å². The number of nitrogens with one attached hydrogen (secondary N) is 1. The molecule has 0 radical (unpaired) electrons. The van der Waals surface area contributed by atoms with Gasteiger partial charge in [-0.05, 0) is 12.1 Å². The average molecular weight is 264 g/mol. The van der Waals surface area contributed by atoms with Gasteiger partial charge in [-0.1, -0.05) is 11.8 Å². The Hall–Kier alpha value is -2.29. The Bertz CT molecular complexity index is 631. The molecule has 3 rings (SSSR count).